The number of aliphatic hydroxyl groups is 1. The van der Waals surface area contributed by atoms with Gasteiger partial charge in [0.1, 0.15) is 0 Å². The third-order valence-corrected chi connectivity index (χ3v) is 3.23. The molecule has 1 aromatic rings. The minimum Gasteiger partial charge on any atom is -0.396 e. The van der Waals surface area contributed by atoms with Gasteiger partial charge in [-0.3, -0.25) is 0 Å². The molecule has 0 bridgehead atoms. The van der Waals surface area contributed by atoms with Gasteiger partial charge in [-0.2, -0.15) is 0 Å². The van der Waals surface area contributed by atoms with Crippen LogP contribution in [0.15, 0.2) is 18.2 Å². The van der Waals surface area contributed by atoms with Gasteiger partial charge >= 0.3 is 0 Å². The smallest absolute Gasteiger partial charge is 0.159 e. The number of rotatable bonds is 2. The van der Waals surface area contributed by atoms with Crippen molar-refractivity contribution in [2.24, 2.45) is 5.92 Å². The first-order valence-electron chi connectivity index (χ1n) is 5.49. The monoisotopic (exact) mass is 227 g/mol. The fraction of sp³-hybridized carbons (Fsp3) is 0.500. The van der Waals surface area contributed by atoms with Crippen molar-refractivity contribution in [3.05, 3.63) is 35.4 Å². The summed E-state index contributed by atoms with van der Waals surface area (Å²) in [5, 5.41) is 12.5. The van der Waals surface area contributed by atoms with Gasteiger partial charge in [-0.25, -0.2) is 8.78 Å². The van der Waals surface area contributed by atoms with Crippen molar-refractivity contribution in [3.63, 3.8) is 0 Å². The number of piperidine rings is 1. The zero-order valence-corrected chi connectivity index (χ0v) is 8.92. The minimum atomic E-state index is -0.826. The van der Waals surface area contributed by atoms with Gasteiger partial charge in [0, 0.05) is 19.1 Å². The van der Waals surface area contributed by atoms with E-state index in [1.54, 1.807) is 6.07 Å². The van der Waals surface area contributed by atoms with Crippen LogP contribution >= 0.6 is 0 Å². The molecule has 0 aromatic heterocycles. The molecule has 0 radical (unpaired) electrons. The van der Waals surface area contributed by atoms with Crippen LogP contribution in [0.4, 0.5) is 8.78 Å². The maximum Gasteiger partial charge on any atom is 0.159 e. The number of nitrogens with one attached hydrogen (secondary N) is 1. The summed E-state index contributed by atoms with van der Waals surface area (Å²) in [5.41, 5.74) is 0.755. The van der Waals surface area contributed by atoms with Crippen molar-refractivity contribution in [3.8, 4) is 0 Å². The molecule has 2 atom stereocenters. The van der Waals surface area contributed by atoms with Crippen LogP contribution in [0.1, 0.15) is 17.9 Å². The number of halogens is 2. The second-order valence-electron chi connectivity index (χ2n) is 4.22. The Balaban J connectivity index is 2.23. The number of benzene rings is 1. The van der Waals surface area contributed by atoms with Crippen LogP contribution < -0.4 is 5.32 Å². The van der Waals surface area contributed by atoms with Crippen molar-refractivity contribution in [1.29, 1.82) is 0 Å². The molecule has 16 heavy (non-hydrogen) atoms. The van der Waals surface area contributed by atoms with Crippen molar-refractivity contribution in [2.75, 3.05) is 19.7 Å². The van der Waals surface area contributed by atoms with Gasteiger partial charge in [-0.1, -0.05) is 6.07 Å². The quantitative estimate of drug-likeness (QED) is 0.805. The maximum absolute atomic E-state index is 13.1. The molecule has 88 valence electrons. The normalized spacial score (nSPS) is 25.7. The van der Waals surface area contributed by atoms with Crippen LogP contribution in [0.5, 0.6) is 0 Å². The summed E-state index contributed by atoms with van der Waals surface area (Å²) in [7, 11) is 0. The first-order valence-corrected chi connectivity index (χ1v) is 5.49. The molecule has 2 nitrogen and oxygen atoms in total. The lowest BCUT2D eigenvalue weighted by Gasteiger charge is -2.31. The average molecular weight is 227 g/mol. The summed E-state index contributed by atoms with van der Waals surface area (Å²) in [6.45, 7) is 1.66. The summed E-state index contributed by atoms with van der Waals surface area (Å²) >= 11 is 0. The second-order valence-corrected chi connectivity index (χ2v) is 4.22. The zero-order valence-electron chi connectivity index (χ0n) is 8.92. The molecule has 1 fully saturated rings. The molecule has 0 aliphatic carbocycles. The molecule has 1 heterocycles. The van der Waals surface area contributed by atoms with E-state index in [2.05, 4.69) is 5.32 Å². The topological polar surface area (TPSA) is 32.3 Å². The zero-order chi connectivity index (χ0) is 11.5. The SMILES string of the molecule is OCC1CCNCC1c1ccc(F)c(F)c1. The van der Waals surface area contributed by atoms with Crippen molar-refractivity contribution in [2.45, 2.75) is 12.3 Å². The van der Waals surface area contributed by atoms with Gasteiger partial charge in [0.05, 0.1) is 0 Å². The molecule has 0 spiro atoms. The van der Waals surface area contributed by atoms with E-state index in [-0.39, 0.29) is 18.4 Å². The lowest BCUT2D eigenvalue weighted by Crippen LogP contribution is -2.36. The van der Waals surface area contributed by atoms with E-state index in [1.165, 1.54) is 6.07 Å². The summed E-state index contributed by atoms with van der Waals surface area (Å²) in [6, 6.07) is 3.97. The molecule has 2 N–H and O–H groups in total. The predicted octanol–water partition coefficient (Wildman–Crippen LogP) is 1.65. The molecule has 1 aliphatic rings. The van der Waals surface area contributed by atoms with Crippen LogP contribution in [0.3, 0.4) is 0 Å². The fourth-order valence-electron chi connectivity index (χ4n) is 2.26. The Hall–Kier alpha value is -1.00. The van der Waals surface area contributed by atoms with Gasteiger partial charge in [-0.05, 0) is 36.6 Å². The highest BCUT2D eigenvalue weighted by molar-refractivity contribution is 5.23. The lowest BCUT2D eigenvalue weighted by atomic mass is 9.82. The molecule has 0 saturated carbocycles. The fourth-order valence-corrected chi connectivity index (χ4v) is 2.26. The van der Waals surface area contributed by atoms with Crippen molar-refractivity contribution < 1.29 is 13.9 Å². The Bertz CT molecular complexity index is 370. The van der Waals surface area contributed by atoms with E-state index in [4.69, 9.17) is 0 Å². The molecule has 2 rings (SSSR count). The van der Waals surface area contributed by atoms with E-state index in [9.17, 15) is 13.9 Å². The van der Waals surface area contributed by atoms with Gasteiger partial charge in [0.2, 0.25) is 0 Å². The third kappa shape index (κ3) is 2.23. The van der Waals surface area contributed by atoms with E-state index in [0.717, 1.165) is 24.6 Å². The Labute approximate surface area is 93.3 Å². The van der Waals surface area contributed by atoms with Crippen LogP contribution in [0.25, 0.3) is 0 Å². The first-order chi connectivity index (χ1) is 7.72. The highest BCUT2D eigenvalue weighted by atomic mass is 19.2. The summed E-state index contributed by atoms with van der Waals surface area (Å²) in [4.78, 5) is 0. The summed E-state index contributed by atoms with van der Waals surface area (Å²) < 4.78 is 25.9. The van der Waals surface area contributed by atoms with Crippen molar-refractivity contribution in [1.82, 2.24) is 5.32 Å². The van der Waals surface area contributed by atoms with Crippen molar-refractivity contribution >= 4 is 0 Å². The highest BCUT2D eigenvalue weighted by Crippen LogP contribution is 2.29. The Morgan fingerprint density at radius 3 is 2.81 bits per heavy atom. The number of hydrogen-bond donors (Lipinski definition) is 2. The molecule has 1 aromatic carbocycles. The Morgan fingerprint density at radius 2 is 2.12 bits per heavy atom. The second kappa shape index (κ2) is 4.89. The lowest BCUT2D eigenvalue weighted by molar-refractivity contribution is 0.176. The average Bonchev–Trinajstić information content (AvgIpc) is 2.32. The first kappa shape index (κ1) is 11.5. The highest BCUT2D eigenvalue weighted by Gasteiger charge is 2.26. The number of aliphatic hydroxyl groups excluding tert-OH is 1. The third-order valence-electron chi connectivity index (χ3n) is 3.23. The molecule has 2 unspecified atom stereocenters. The predicted molar refractivity (Wildman–Crippen MR) is 57.2 cm³/mol. The minimum absolute atomic E-state index is 0.0637. The Kier molecular flexibility index (Phi) is 3.51. The van der Waals surface area contributed by atoms with Gasteiger partial charge in [0.25, 0.3) is 0 Å². The molecule has 4 heteroatoms. The summed E-state index contributed by atoms with van der Waals surface area (Å²) in [6.07, 6.45) is 0.861. The van der Waals surface area contributed by atoms with Crippen LogP contribution in [-0.2, 0) is 0 Å². The van der Waals surface area contributed by atoms with Crippen LogP contribution in [0.2, 0.25) is 0 Å². The van der Waals surface area contributed by atoms with E-state index >= 15 is 0 Å². The van der Waals surface area contributed by atoms with E-state index in [1.807, 2.05) is 0 Å². The van der Waals surface area contributed by atoms with Gasteiger partial charge < -0.3 is 10.4 Å². The van der Waals surface area contributed by atoms with Gasteiger partial charge in [0.15, 0.2) is 11.6 Å². The standard InChI is InChI=1S/C12H15F2NO/c13-11-2-1-8(5-12(11)14)10-6-15-4-3-9(10)7-16/h1-2,5,9-10,15-16H,3-4,6-7H2. The molecule has 1 aliphatic heterocycles. The molecule has 0 amide bonds. The molecule has 1 saturated heterocycles. The van der Waals surface area contributed by atoms with E-state index < -0.39 is 11.6 Å². The molecular weight excluding hydrogens is 212 g/mol. The molecular formula is C12H15F2NO. The Morgan fingerprint density at radius 1 is 1.31 bits per heavy atom. The van der Waals surface area contributed by atoms with E-state index in [0.29, 0.717) is 6.54 Å². The number of hydrogen-bond acceptors (Lipinski definition) is 2. The largest absolute Gasteiger partial charge is 0.396 e. The van der Waals surface area contributed by atoms with Gasteiger partial charge in [-0.15, -0.1) is 0 Å². The maximum atomic E-state index is 13.1. The summed E-state index contributed by atoms with van der Waals surface area (Å²) in [5.74, 6) is -1.45. The van der Waals surface area contributed by atoms with Crippen LogP contribution in [-0.4, -0.2) is 24.8 Å². The van der Waals surface area contributed by atoms with Crippen LogP contribution in [0, 0.1) is 17.6 Å².